The summed E-state index contributed by atoms with van der Waals surface area (Å²) in [5.41, 5.74) is 13.2. The second-order valence-corrected chi connectivity index (χ2v) is 5.71. The smallest absolute Gasteiger partial charge is 0.138 e. The number of nitrogen functional groups attached to an aromatic ring is 2. The molecule has 6 N–H and O–H groups in total. The lowest BCUT2D eigenvalue weighted by Crippen LogP contribution is -2.04. The van der Waals surface area contributed by atoms with Crippen molar-refractivity contribution in [3.63, 3.8) is 0 Å². The van der Waals surface area contributed by atoms with Crippen LogP contribution < -0.4 is 11.5 Å². The summed E-state index contributed by atoms with van der Waals surface area (Å²) in [6.45, 7) is 8.00. The third-order valence-electron chi connectivity index (χ3n) is 4.06. The first kappa shape index (κ1) is 23.6. The molecule has 0 spiro atoms. The maximum atomic E-state index is 9.32. The normalized spacial score (nSPS) is 13.1. The topological polar surface area (TPSA) is 92.5 Å². The number of para-hydroxylation sites is 2. The highest BCUT2D eigenvalue weighted by molar-refractivity contribution is 5.54. The fourth-order valence-electron chi connectivity index (χ4n) is 2.75. The van der Waals surface area contributed by atoms with E-state index in [2.05, 4.69) is 0 Å². The van der Waals surface area contributed by atoms with Crippen LogP contribution >= 0.6 is 0 Å². The Kier molecular flexibility index (Phi) is 12.6. The highest BCUT2D eigenvalue weighted by Crippen LogP contribution is 2.34. The molecule has 0 radical (unpaired) electrons. The van der Waals surface area contributed by atoms with Gasteiger partial charge in [-0.1, -0.05) is 65.2 Å². The maximum Gasteiger partial charge on any atom is 0.138 e. The lowest BCUT2D eigenvalue weighted by molar-refractivity contribution is 0.442. The van der Waals surface area contributed by atoms with Gasteiger partial charge >= 0.3 is 0 Å². The summed E-state index contributed by atoms with van der Waals surface area (Å²) < 4.78 is 0. The van der Waals surface area contributed by atoms with E-state index in [0.717, 1.165) is 0 Å². The third kappa shape index (κ3) is 8.15. The van der Waals surface area contributed by atoms with Crippen LogP contribution in [-0.4, -0.2) is 10.2 Å². The van der Waals surface area contributed by atoms with Crippen molar-refractivity contribution >= 4 is 11.4 Å². The molecule has 2 aromatic carbocycles. The summed E-state index contributed by atoms with van der Waals surface area (Å²) in [5, 5.41) is 18.1. The van der Waals surface area contributed by atoms with Crippen molar-refractivity contribution in [1.29, 1.82) is 0 Å². The SMILES string of the molecule is CC.CC.Nc1cc(C2CCCCC2)ccc1O.Nc1ccccc1O. The van der Waals surface area contributed by atoms with Gasteiger partial charge in [-0.3, -0.25) is 0 Å². The lowest BCUT2D eigenvalue weighted by atomic mass is 9.84. The van der Waals surface area contributed by atoms with Gasteiger partial charge in [0.1, 0.15) is 11.5 Å². The maximum absolute atomic E-state index is 9.32. The molecule has 0 unspecified atom stereocenters. The number of hydrogen-bond donors (Lipinski definition) is 4. The molecule has 4 heteroatoms. The standard InChI is InChI=1S/C12H17NO.C6H7NO.2C2H6/c13-11-8-10(6-7-12(11)14)9-4-2-1-3-5-9;7-5-3-1-2-4-6(5)8;2*1-2/h6-9,14H,1-5,13H2;1-4,8H,7H2;2*1-2H3. The van der Waals surface area contributed by atoms with E-state index >= 15 is 0 Å². The van der Waals surface area contributed by atoms with Crippen molar-refractivity contribution < 1.29 is 10.2 Å². The van der Waals surface area contributed by atoms with Gasteiger partial charge in [0.2, 0.25) is 0 Å². The van der Waals surface area contributed by atoms with Gasteiger partial charge in [0.25, 0.3) is 0 Å². The Morgan fingerprint density at radius 3 is 1.73 bits per heavy atom. The van der Waals surface area contributed by atoms with E-state index in [1.165, 1.54) is 37.7 Å². The van der Waals surface area contributed by atoms with E-state index in [1.807, 2.05) is 39.8 Å². The van der Waals surface area contributed by atoms with Crippen molar-refractivity contribution in [3.8, 4) is 11.5 Å². The zero-order valence-corrected chi connectivity index (χ0v) is 16.7. The Hall–Kier alpha value is -2.36. The second-order valence-electron chi connectivity index (χ2n) is 5.71. The molecule has 2 aromatic rings. The molecule has 0 aromatic heterocycles. The Balaban J connectivity index is 0.000000444. The number of phenols is 2. The van der Waals surface area contributed by atoms with Crippen LogP contribution in [0.2, 0.25) is 0 Å². The summed E-state index contributed by atoms with van der Waals surface area (Å²) in [6.07, 6.45) is 6.55. The van der Waals surface area contributed by atoms with Crippen LogP contribution in [0.4, 0.5) is 11.4 Å². The Bertz CT molecular complexity index is 588. The van der Waals surface area contributed by atoms with E-state index in [-0.39, 0.29) is 11.5 Å². The first-order chi connectivity index (χ1) is 12.6. The largest absolute Gasteiger partial charge is 0.506 e. The van der Waals surface area contributed by atoms with Crippen LogP contribution in [0, 0.1) is 0 Å². The number of anilines is 2. The van der Waals surface area contributed by atoms with E-state index in [4.69, 9.17) is 16.6 Å². The van der Waals surface area contributed by atoms with Crippen molar-refractivity contribution in [2.24, 2.45) is 0 Å². The van der Waals surface area contributed by atoms with Gasteiger partial charge in [0.15, 0.2) is 0 Å². The van der Waals surface area contributed by atoms with Crippen LogP contribution in [0.5, 0.6) is 11.5 Å². The van der Waals surface area contributed by atoms with Gasteiger partial charge in [-0.05, 0) is 48.6 Å². The molecular weight excluding hydrogens is 324 g/mol. The Morgan fingerprint density at radius 1 is 0.731 bits per heavy atom. The van der Waals surface area contributed by atoms with Gasteiger partial charge in [-0.2, -0.15) is 0 Å². The third-order valence-corrected chi connectivity index (χ3v) is 4.06. The number of aromatic hydroxyl groups is 2. The number of nitrogens with two attached hydrogens (primary N) is 2. The van der Waals surface area contributed by atoms with Crippen LogP contribution in [0.1, 0.15) is 71.3 Å². The molecule has 0 saturated heterocycles. The molecule has 1 aliphatic rings. The molecule has 1 fully saturated rings. The summed E-state index contributed by atoms with van der Waals surface area (Å²) >= 11 is 0. The molecule has 26 heavy (non-hydrogen) atoms. The van der Waals surface area contributed by atoms with E-state index in [0.29, 0.717) is 17.3 Å². The molecule has 0 atom stereocenters. The number of phenolic OH excluding ortho intramolecular Hbond substituents is 2. The molecule has 0 aliphatic heterocycles. The fourth-order valence-corrected chi connectivity index (χ4v) is 2.75. The van der Waals surface area contributed by atoms with Crippen LogP contribution in [-0.2, 0) is 0 Å². The molecule has 4 nitrogen and oxygen atoms in total. The quantitative estimate of drug-likeness (QED) is 0.368. The minimum absolute atomic E-state index is 0.146. The minimum Gasteiger partial charge on any atom is -0.506 e. The van der Waals surface area contributed by atoms with Crippen LogP contribution in [0.15, 0.2) is 42.5 Å². The highest BCUT2D eigenvalue weighted by Gasteiger charge is 2.15. The van der Waals surface area contributed by atoms with E-state index in [1.54, 1.807) is 30.3 Å². The van der Waals surface area contributed by atoms with Crippen LogP contribution in [0.25, 0.3) is 0 Å². The van der Waals surface area contributed by atoms with E-state index in [9.17, 15) is 5.11 Å². The molecular formula is C22H36N2O2. The number of hydrogen-bond acceptors (Lipinski definition) is 4. The first-order valence-electron chi connectivity index (χ1n) is 9.70. The predicted molar refractivity (Wildman–Crippen MR) is 114 cm³/mol. The van der Waals surface area contributed by atoms with Gasteiger partial charge in [0, 0.05) is 0 Å². The average molecular weight is 361 g/mol. The monoisotopic (exact) mass is 360 g/mol. The molecule has 0 amide bonds. The van der Waals surface area contributed by atoms with E-state index < -0.39 is 0 Å². The zero-order valence-electron chi connectivity index (χ0n) is 16.7. The summed E-state index contributed by atoms with van der Waals surface area (Å²) in [5.74, 6) is 1.00. The van der Waals surface area contributed by atoms with Gasteiger partial charge in [-0.25, -0.2) is 0 Å². The van der Waals surface area contributed by atoms with Gasteiger partial charge < -0.3 is 21.7 Å². The predicted octanol–water partition coefficient (Wildman–Crippen LogP) is 6.05. The first-order valence-corrected chi connectivity index (χ1v) is 9.70. The van der Waals surface area contributed by atoms with Gasteiger partial charge in [0.05, 0.1) is 11.4 Å². The molecule has 3 rings (SSSR count). The fraction of sp³-hybridized carbons (Fsp3) is 0.455. The van der Waals surface area contributed by atoms with Crippen molar-refractivity contribution in [2.45, 2.75) is 65.7 Å². The second kappa shape index (κ2) is 13.9. The summed E-state index contributed by atoms with van der Waals surface area (Å²) in [7, 11) is 0. The Labute approximate surface area is 158 Å². The molecule has 146 valence electrons. The lowest BCUT2D eigenvalue weighted by Gasteiger charge is -2.22. The Morgan fingerprint density at radius 2 is 1.27 bits per heavy atom. The molecule has 1 saturated carbocycles. The van der Waals surface area contributed by atoms with Crippen molar-refractivity contribution in [2.75, 3.05) is 11.5 Å². The number of rotatable bonds is 1. The van der Waals surface area contributed by atoms with Crippen LogP contribution in [0.3, 0.4) is 0 Å². The zero-order chi connectivity index (χ0) is 19.9. The highest BCUT2D eigenvalue weighted by atomic mass is 16.3. The van der Waals surface area contributed by atoms with Gasteiger partial charge in [-0.15, -0.1) is 0 Å². The molecule has 1 aliphatic carbocycles. The molecule has 0 heterocycles. The summed E-state index contributed by atoms with van der Waals surface area (Å²) in [4.78, 5) is 0. The minimum atomic E-state index is 0.146. The number of benzene rings is 2. The molecule has 0 bridgehead atoms. The summed E-state index contributed by atoms with van der Waals surface area (Å²) in [6, 6.07) is 12.3. The van der Waals surface area contributed by atoms with Crippen molar-refractivity contribution in [3.05, 3.63) is 48.0 Å². The van der Waals surface area contributed by atoms with Crippen molar-refractivity contribution in [1.82, 2.24) is 0 Å². The average Bonchev–Trinajstić information content (AvgIpc) is 2.71.